The van der Waals surface area contributed by atoms with Gasteiger partial charge in [-0.25, -0.2) is 0 Å². The lowest BCUT2D eigenvalue weighted by Crippen LogP contribution is -2.27. The molecule has 0 spiro atoms. The van der Waals surface area contributed by atoms with Gasteiger partial charge in [-0.05, 0) is 18.6 Å². The molecule has 3 nitrogen and oxygen atoms in total. The largest absolute Gasteiger partial charge is 0.492 e. The third kappa shape index (κ3) is 1.68. The molecule has 1 aromatic rings. The SMILES string of the molecule is CCOc1cccc2c1NCC(O)C2. The van der Waals surface area contributed by atoms with E-state index in [4.69, 9.17) is 4.74 Å². The van der Waals surface area contributed by atoms with E-state index in [2.05, 4.69) is 5.32 Å². The number of aliphatic hydroxyl groups excluding tert-OH is 1. The molecule has 0 amide bonds. The summed E-state index contributed by atoms with van der Waals surface area (Å²) in [7, 11) is 0. The predicted molar refractivity (Wildman–Crippen MR) is 55.8 cm³/mol. The first-order valence-corrected chi connectivity index (χ1v) is 4.98. The van der Waals surface area contributed by atoms with Gasteiger partial charge in [0, 0.05) is 13.0 Å². The molecule has 1 atom stereocenters. The molecular weight excluding hydrogens is 178 g/mol. The summed E-state index contributed by atoms with van der Waals surface area (Å²) in [4.78, 5) is 0. The van der Waals surface area contributed by atoms with E-state index < -0.39 is 0 Å². The van der Waals surface area contributed by atoms with Crippen LogP contribution in [0.25, 0.3) is 0 Å². The lowest BCUT2D eigenvalue weighted by atomic mass is 10.0. The van der Waals surface area contributed by atoms with Crippen molar-refractivity contribution < 1.29 is 9.84 Å². The number of hydrogen-bond acceptors (Lipinski definition) is 3. The van der Waals surface area contributed by atoms with Gasteiger partial charge in [-0.2, -0.15) is 0 Å². The molecule has 1 aliphatic rings. The summed E-state index contributed by atoms with van der Waals surface area (Å²) in [5, 5.41) is 12.7. The fourth-order valence-corrected chi connectivity index (χ4v) is 1.77. The molecule has 2 N–H and O–H groups in total. The number of fused-ring (bicyclic) bond motifs is 1. The van der Waals surface area contributed by atoms with Gasteiger partial charge in [-0.15, -0.1) is 0 Å². The molecule has 0 aromatic heterocycles. The van der Waals surface area contributed by atoms with Crippen molar-refractivity contribution in [1.82, 2.24) is 0 Å². The summed E-state index contributed by atoms with van der Waals surface area (Å²) in [6.45, 7) is 3.24. The fraction of sp³-hybridized carbons (Fsp3) is 0.455. The number of rotatable bonds is 2. The molecule has 0 saturated heterocycles. The van der Waals surface area contributed by atoms with Gasteiger partial charge in [-0.3, -0.25) is 0 Å². The molecule has 0 fully saturated rings. The second-order valence-electron chi connectivity index (χ2n) is 3.46. The number of anilines is 1. The van der Waals surface area contributed by atoms with Gasteiger partial charge < -0.3 is 15.2 Å². The highest BCUT2D eigenvalue weighted by molar-refractivity contribution is 5.63. The zero-order valence-corrected chi connectivity index (χ0v) is 8.29. The van der Waals surface area contributed by atoms with E-state index in [0.717, 1.165) is 17.0 Å². The average Bonchev–Trinajstić information content (AvgIpc) is 2.18. The van der Waals surface area contributed by atoms with E-state index in [0.29, 0.717) is 19.6 Å². The average molecular weight is 193 g/mol. The van der Waals surface area contributed by atoms with Crippen LogP contribution in [-0.2, 0) is 6.42 Å². The Morgan fingerprint density at radius 2 is 2.43 bits per heavy atom. The maximum atomic E-state index is 9.47. The van der Waals surface area contributed by atoms with E-state index in [1.54, 1.807) is 0 Å². The molecular formula is C11H15NO2. The zero-order valence-electron chi connectivity index (χ0n) is 8.29. The molecule has 1 heterocycles. The van der Waals surface area contributed by atoms with Crippen LogP contribution in [0, 0.1) is 0 Å². The third-order valence-corrected chi connectivity index (χ3v) is 2.38. The molecule has 1 unspecified atom stereocenters. The monoisotopic (exact) mass is 193 g/mol. The first-order chi connectivity index (χ1) is 6.81. The summed E-state index contributed by atoms with van der Waals surface area (Å²) in [5.41, 5.74) is 2.18. The van der Waals surface area contributed by atoms with Gasteiger partial charge in [0.15, 0.2) is 0 Å². The Balaban J connectivity index is 2.31. The second kappa shape index (κ2) is 3.88. The minimum atomic E-state index is -0.278. The van der Waals surface area contributed by atoms with Gasteiger partial charge >= 0.3 is 0 Å². The molecule has 1 aromatic carbocycles. The summed E-state index contributed by atoms with van der Waals surface area (Å²) in [6, 6.07) is 5.93. The fourth-order valence-electron chi connectivity index (χ4n) is 1.77. The van der Waals surface area contributed by atoms with Crippen molar-refractivity contribution in [3.63, 3.8) is 0 Å². The van der Waals surface area contributed by atoms with Crippen molar-refractivity contribution in [3.8, 4) is 5.75 Å². The van der Waals surface area contributed by atoms with Crippen molar-refractivity contribution in [2.45, 2.75) is 19.4 Å². The maximum absolute atomic E-state index is 9.47. The number of nitrogens with one attached hydrogen (secondary N) is 1. The lowest BCUT2D eigenvalue weighted by molar-refractivity contribution is 0.184. The lowest BCUT2D eigenvalue weighted by Gasteiger charge is -2.24. The zero-order chi connectivity index (χ0) is 9.97. The van der Waals surface area contributed by atoms with Crippen molar-refractivity contribution in [2.75, 3.05) is 18.5 Å². The molecule has 3 heteroatoms. The molecule has 0 bridgehead atoms. The van der Waals surface area contributed by atoms with Gasteiger partial charge in [0.2, 0.25) is 0 Å². The molecule has 1 aliphatic heterocycles. The van der Waals surface area contributed by atoms with Crippen LogP contribution in [-0.4, -0.2) is 24.4 Å². The molecule has 0 radical (unpaired) electrons. The Morgan fingerprint density at radius 3 is 3.21 bits per heavy atom. The molecule has 14 heavy (non-hydrogen) atoms. The highest BCUT2D eigenvalue weighted by Crippen LogP contribution is 2.31. The second-order valence-corrected chi connectivity index (χ2v) is 3.46. The number of para-hydroxylation sites is 1. The van der Waals surface area contributed by atoms with Crippen LogP contribution in [0.1, 0.15) is 12.5 Å². The first kappa shape index (κ1) is 9.34. The predicted octanol–water partition coefficient (Wildman–Crippen LogP) is 1.41. The van der Waals surface area contributed by atoms with Gasteiger partial charge in [0.25, 0.3) is 0 Å². The molecule has 0 aliphatic carbocycles. The standard InChI is InChI=1S/C11H15NO2/c1-2-14-10-5-3-4-8-6-9(13)7-12-11(8)10/h3-5,9,12-13H,2,6-7H2,1H3. The Kier molecular flexibility index (Phi) is 2.59. The summed E-state index contributed by atoms with van der Waals surface area (Å²) in [6.07, 6.45) is 0.433. The van der Waals surface area contributed by atoms with Crippen LogP contribution in [0.5, 0.6) is 5.75 Å². The van der Waals surface area contributed by atoms with Crippen LogP contribution < -0.4 is 10.1 Å². The number of ether oxygens (including phenoxy) is 1. The Hall–Kier alpha value is -1.22. The first-order valence-electron chi connectivity index (χ1n) is 4.98. The van der Waals surface area contributed by atoms with Crippen LogP contribution in [0.4, 0.5) is 5.69 Å². The van der Waals surface area contributed by atoms with Crippen molar-refractivity contribution in [1.29, 1.82) is 0 Å². The summed E-state index contributed by atoms with van der Waals surface area (Å²) < 4.78 is 5.50. The van der Waals surface area contributed by atoms with Crippen molar-refractivity contribution >= 4 is 5.69 Å². The maximum Gasteiger partial charge on any atom is 0.142 e. The Bertz CT molecular complexity index is 311. The summed E-state index contributed by atoms with van der Waals surface area (Å²) in [5.74, 6) is 0.886. The van der Waals surface area contributed by atoms with E-state index in [1.165, 1.54) is 0 Å². The number of aliphatic hydroxyl groups is 1. The number of benzene rings is 1. The van der Waals surface area contributed by atoms with Crippen molar-refractivity contribution in [2.24, 2.45) is 0 Å². The number of β-amino-alcohol motifs (C(OH)–C–C–N with tert-alkyl or cyclic N) is 1. The van der Waals surface area contributed by atoms with E-state index in [-0.39, 0.29) is 6.10 Å². The smallest absolute Gasteiger partial charge is 0.142 e. The van der Waals surface area contributed by atoms with Gasteiger partial charge in [0.05, 0.1) is 18.4 Å². The highest BCUT2D eigenvalue weighted by Gasteiger charge is 2.18. The van der Waals surface area contributed by atoms with Gasteiger partial charge in [-0.1, -0.05) is 12.1 Å². The molecule has 0 saturated carbocycles. The van der Waals surface area contributed by atoms with E-state index in [9.17, 15) is 5.11 Å². The van der Waals surface area contributed by atoms with Crippen LogP contribution >= 0.6 is 0 Å². The Morgan fingerprint density at radius 1 is 1.57 bits per heavy atom. The molecule has 2 rings (SSSR count). The minimum absolute atomic E-state index is 0.278. The van der Waals surface area contributed by atoms with Gasteiger partial charge in [0.1, 0.15) is 5.75 Å². The summed E-state index contributed by atoms with van der Waals surface area (Å²) >= 11 is 0. The quantitative estimate of drug-likeness (QED) is 0.746. The Labute approximate surface area is 83.7 Å². The van der Waals surface area contributed by atoms with Crippen LogP contribution in [0.2, 0.25) is 0 Å². The van der Waals surface area contributed by atoms with Crippen molar-refractivity contribution in [3.05, 3.63) is 23.8 Å². The van der Waals surface area contributed by atoms with Crippen LogP contribution in [0.15, 0.2) is 18.2 Å². The third-order valence-electron chi connectivity index (χ3n) is 2.38. The molecule has 76 valence electrons. The normalized spacial score (nSPS) is 19.7. The minimum Gasteiger partial charge on any atom is -0.492 e. The van der Waals surface area contributed by atoms with E-state index >= 15 is 0 Å². The highest BCUT2D eigenvalue weighted by atomic mass is 16.5. The number of hydrogen-bond donors (Lipinski definition) is 2. The van der Waals surface area contributed by atoms with Crippen LogP contribution in [0.3, 0.4) is 0 Å². The van der Waals surface area contributed by atoms with E-state index in [1.807, 2.05) is 25.1 Å². The topological polar surface area (TPSA) is 41.5 Å².